The fourth-order valence-electron chi connectivity index (χ4n) is 1.13. The Labute approximate surface area is 108 Å². The first-order chi connectivity index (χ1) is 7.43. The van der Waals surface area contributed by atoms with Crippen LogP contribution < -0.4 is 11.1 Å². The number of aromatic nitrogens is 2. The summed E-state index contributed by atoms with van der Waals surface area (Å²) in [6, 6.07) is 0. The number of hydrogen-bond acceptors (Lipinski definition) is 4. The number of nitrogens with two attached hydrogens (primary N) is 1. The van der Waals surface area contributed by atoms with Crippen LogP contribution in [0.1, 0.15) is 33.0 Å². The number of nitrogens with one attached hydrogen (secondary N) is 1. The molecule has 0 unspecified atom stereocenters. The van der Waals surface area contributed by atoms with Gasteiger partial charge in [-0.15, -0.1) is 12.4 Å². The lowest BCUT2D eigenvalue weighted by molar-refractivity contribution is -0.116. The molecule has 0 aromatic carbocycles. The average Bonchev–Trinajstić information content (AvgIpc) is 2.17. The second-order valence-electron chi connectivity index (χ2n) is 4.63. The molecule has 1 rings (SSSR count). The predicted octanol–water partition coefficient (Wildman–Crippen LogP) is 1.48. The highest BCUT2D eigenvalue weighted by atomic mass is 35.5. The van der Waals surface area contributed by atoms with Gasteiger partial charge in [0.05, 0.1) is 18.1 Å². The second-order valence-corrected chi connectivity index (χ2v) is 4.63. The van der Waals surface area contributed by atoms with Gasteiger partial charge in [-0.25, -0.2) is 9.97 Å². The first-order valence-corrected chi connectivity index (χ1v) is 5.26. The summed E-state index contributed by atoms with van der Waals surface area (Å²) in [6.07, 6.45) is 3.53. The molecule has 0 saturated carbocycles. The molecule has 0 bridgehead atoms. The Morgan fingerprint density at radius 2 is 1.88 bits per heavy atom. The zero-order valence-corrected chi connectivity index (χ0v) is 11.2. The molecule has 17 heavy (non-hydrogen) atoms. The van der Waals surface area contributed by atoms with Gasteiger partial charge in [0.15, 0.2) is 0 Å². The Morgan fingerprint density at radius 3 is 2.29 bits per heavy atom. The van der Waals surface area contributed by atoms with Crippen molar-refractivity contribution in [2.24, 2.45) is 5.73 Å². The van der Waals surface area contributed by atoms with Crippen molar-refractivity contribution in [2.45, 2.75) is 32.6 Å². The van der Waals surface area contributed by atoms with Crippen LogP contribution in [0.3, 0.4) is 0 Å². The molecule has 0 radical (unpaired) electrons. The van der Waals surface area contributed by atoms with E-state index in [9.17, 15) is 4.79 Å². The van der Waals surface area contributed by atoms with Crippen molar-refractivity contribution in [3.8, 4) is 0 Å². The van der Waals surface area contributed by atoms with Gasteiger partial charge < -0.3 is 11.1 Å². The van der Waals surface area contributed by atoms with E-state index < -0.39 is 0 Å². The Bertz CT molecular complexity index is 359. The van der Waals surface area contributed by atoms with E-state index in [0.29, 0.717) is 18.7 Å². The first-order valence-electron chi connectivity index (χ1n) is 5.26. The maximum atomic E-state index is 11.2. The summed E-state index contributed by atoms with van der Waals surface area (Å²) in [5, 5.41) is 2.68. The lowest BCUT2D eigenvalue weighted by Gasteiger charge is -2.16. The van der Waals surface area contributed by atoms with Gasteiger partial charge in [0.2, 0.25) is 5.91 Å². The Hall–Kier alpha value is -1.20. The standard InChI is InChI=1S/C11H18N4O.ClH/c1-11(2,3)10-13-6-8(7-14-10)15-9(16)4-5-12;/h6-7H,4-5,12H2,1-3H3,(H,15,16);1H. The van der Waals surface area contributed by atoms with Gasteiger partial charge in [-0.3, -0.25) is 4.79 Å². The SMILES string of the molecule is CC(C)(C)c1ncc(NC(=O)CCN)cn1.Cl. The van der Waals surface area contributed by atoms with Gasteiger partial charge in [-0.05, 0) is 0 Å². The third-order valence-electron chi connectivity index (χ3n) is 1.98. The zero-order valence-electron chi connectivity index (χ0n) is 10.4. The summed E-state index contributed by atoms with van der Waals surface area (Å²) in [6.45, 7) is 6.45. The topological polar surface area (TPSA) is 80.9 Å². The minimum absolute atomic E-state index is 0. The summed E-state index contributed by atoms with van der Waals surface area (Å²) in [5.74, 6) is 0.638. The van der Waals surface area contributed by atoms with Gasteiger partial charge in [0.25, 0.3) is 0 Å². The van der Waals surface area contributed by atoms with Crippen LogP contribution in [0.25, 0.3) is 0 Å². The van der Waals surface area contributed by atoms with Crippen molar-refractivity contribution in [2.75, 3.05) is 11.9 Å². The molecule has 0 aliphatic heterocycles. The molecule has 1 aromatic rings. The summed E-state index contributed by atoms with van der Waals surface area (Å²) in [5.41, 5.74) is 5.79. The first kappa shape index (κ1) is 15.8. The minimum Gasteiger partial charge on any atom is -0.330 e. The van der Waals surface area contributed by atoms with Crippen LogP contribution in [-0.4, -0.2) is 22.4 Å². The van der Waals surface area contributed by atoms with Gasteiger partial charge in [0.1, 0.15) is 5.82 Å². The van der Waals surface area contributed by atoms with E-state index in [-0.39, 0.29) is 23.7 Å². The minimum atomic E-state index is -0.116. The third-order valence-corrected chi connectivity index (χ3v) is 1.98. The number of halogens is 1. The molecule has 0 atom stereocenters. The second kappa shape index (κ2) is 6.51. The average molecular weight is 259 g/mol. The summed E-state index contributed by atoms with van der Waals surface area (Å²) >= 11 is 0. The molecule has 1 amide bonds. The highest BCUT2D eigenvalue weighted by Gasteiger charge is 2.16. The number of carbonyl (C=O) groups excluding carboxylic acids is 1. The number of hydrogen-bond donors (Lipinski definition) is 2. The number of rotatable bonds is 3. The molecule has 6 heteroatoms. The maximum Gasteiger partial charge on any atom is 0.225 e. The lowest BCUT2D eigenvalue weighted by atomic mass is 9.96. The van der Waals surface area contributed by atoms with Crippen molar-refractivity contribution < 1.29 is 4.79 Å². The molecule has 0 fully saturated rings. The van der Waals surface area contributed by atoms with Crippen LogP contribution >= 0.6 is 12.4 Å². The van der Waals surface area contributed by atoms with Crippen molar-refractivity contribution in [3.63, 3.8) is 0 Å². The Balaban J connectivity index is 0.00000256. The summed E-state index contributed by atoms with van der Waals surface area (Å²) in [7, 11) is 0. The van der Waals surface area contributed by atoms with Gasteiger partial charge in [-0.1, -0.05) is 20.8 Å². The van der Waals surface area contributed by atoms with E-state index in [4.69, 9.17) is 5.73 Å². The predicted molar refractivity (Wildman–Crippen MR) is 70.3 cm³/mol. The quantitative estimate of drug-likeness (QED) is 0.861. The van der Waals surface area contributed by atoms with Gasteiger partial charge in [0, 0.05) is 18.4 Å². The van der Waals surface area contributed by atoms with E-state index in [1.54, 1.807) is 12.4 Å². The lowest BCUT2D eigenvalue weighted by Crippen LogP contribution is -2.18. The van der Waals surface area contributed by atoms with Crippen LogP contribution in [0.2, 0.25) is 0 Å². The highest BCUT2D eigenvalue weighted by molar-refractivity contribution is 5.90. The monoisotopic (exact) mass is 258 g/mol. The molecule has 0 spiro atoms. The van der Waals surface area contributed by atoms with E-state index in [1.807, 2.05) is 20.8 Å². The summed E-state index contributed by atoms with van der Waals surface area (Å²) in [4.78, 5) is 19.7. The van der Waals surface area contributed by atoms with Gasteiger partial charge in [-0.2, -0.15) is 0 Å². The van der Waals surface area contributed by atoms with Crippen molar-refractivity contribution in [3.05, 3.63) is 18.2 Å². The number of carbonyl (C=O) groups is 1. The smallest absolute Gasteiger partial charge is 0.225 e. The fraction of sp³-hybridized carbons (Fsp3) is 0.545. The molecule has 0 aliphatic rings. The van der Waals surface area contributed by atoms with Crippen molar-refractivity contribution >= 4 is 24.0 Å². The summed E-state index contributed by atoms with van der Waals surface area (Å²) < 4.78 is 0. The maximum absolute atomic E-state index is 11.2. The third kappa shape index (κ3) is 5.10. The molecule has 0 saturated heterocycles. The molecule has 3 N–H and O–H groups in total. The van der Waals surface area contributed by atoms with Crippen LogP contribution in [0.4, 0.5) is 5.69 Å². The normalized spacial score (nSPS) is 10.6. The van der Waals surface area contributed by atoms with Crippen molar-refractivity contribution in [1.82, 2.24) is 9.97 Å². The van der Waals surface area contributed by atoms with E-state index in [2.05, 4.69) is 15.3 Å². The molecule has 5 nitrogen and oxygen atoms in total. The fourth-order valence-corrected chi connectivity index (χ4v) is 1.13. The van der Waals surface area contributed by atoms with Crippen LogP contribution in [0, 0.1) is 0 Å². The largest absolute Gasteiger partial charge is 0.330 e. The van der Waals surface area contributed by atoms with Crippen LogP contribution in [0.15, 0.2) is 12.4 Å². The molecule has 1 heterocycles. The Morgan fingerprint density at radius 1 is 1.35 bits per heavy atom. The van der Waals surface area contributed by atoms with Gasteiger partial charge >= 0.3 is 0 Å². The number of nitrogens with zero attached hydrogens (tertiary/aromatic N) is 2. The zero-order chi connectivity index (χ0) is 12.2. The molecule has 96 valence electrons. The number of amides is 1. The van der Waals surface area contributed by atoms with E-state index >= 15 is 0 Å². The molecular weight excluding hydrogens is 240 g/mol. The van der Waals surface area contributed by atoms with E-state index in [0.717, 1.165) is 5.82 Å². The van der Waals surface area contributed by atoms with Crippen LogP contribution in [-0.2, 0) is 10.2 Å². The molecule has 0 aliphatic carbocycles. The molecular formula is C11H19ClN4O. The molecule has 1 aromatic heterocycles. The van der Waals surface area contributed by atoms with Crippen LogP contribution in [0.5, 0.6) is 0 Å². The Kier molecular flexibility index (Phi) is 6.05. The highest BCUT2D eigenvalue weighted by Crippen LogP contribution is 2.18. The van der Waals surface area contributed by atoms with Crippen molar-refractivity contribution in [1.29, 1.82) is 0 Å². The van der Waals surface area contributed by atoms with E-state index in [1.165, 1.54) is 0 Å². The number of anilines is 1.